The van der Waals surface area contributed by atoms with E-state index < -0.39 is 0 Å². The lowest BCUT2D eigenvalue weighted by Gasteiger charge is -2.32. The van der Waals surface area contributed by atoms with Crippen LogP contribution >= 0.6 is 11.8 Å². The summed E-state index contributed by atoms with van der Waals surface area (Å²) in [7, 11) is 0. The summed E-state index contributed by atoms with van der Waals surface area (Å²) in [5.41, 5.74) is 1.23. The molecule has 0 unspecified atom stereocenters. The van der Waals surface area contributed by atoms with E-state index in [0.717, 1.165) is 44.1 Å². The van der Waals surface area contributed by atoms with E-state index in [1.165, 1.54) is 5.56 Å². The average molecular weight is 344 g/mol. The van der Waals surface area contributed by atoms with Gasteiger partial charge in [-0.3, -0.25) is 9.78 Å². The van der Waals surface area contributed by atoms with Crippen molar-refractivity contribution >= 4 is 17.7 Å². The third kappa shape index (κ3) is 4.17. The molecule has 3 rings (SSSR count). The zero-order valence-corrected chi connectivity index (χ0v) is 14.9. The number of hydrogen-bond donors (Lipinski definition) is 0. The highest BCUT2D eigenvalue weighted by Crippen LogP contribution is 2.27. The normalized spacial score (nSPS) is 15.6. The molecule has 0 bridgehead atoms. The summed E-state index contributed by atoms with van der Waals surface area (Å²) in [5, 5.41) is 0. The van der Waals surface area contributed by atoms with E-state index in [0.29, 0.717) is 18.2 Å². The van der Waals surface area contributed by atoms with Crippen molar-refractivity contribution in [1.29, 1.82) is 0 Å². The van der Waals surface area contributed by atoms with Gasteiger partial charge < -0.3 is 9.47 Å². The third-order valence-corrected chi connectivity index (χ3v) is 5.20. The summed E-state index contributed by atoms with van der Waals surface area (Å²) in [6.45, 7) is 2.52. The molecule has 1 aliphatic heterocycles. The molecule has 1 fully saturated rings. The van der Waals surface area contributed by atoms with Crippen molar-refractivity contribution < 1.29 is 4.79 Å². The maximum absolute atomic E-state index is 12.1. The Morgan fingerprint density at radius 2 is 2.00 bits per heavy atom. The van der Waals surface area contributed by atoms with E-state index in [9.17, 15) is 4.79 Å². The predicted molar refractivity (Wildman–Crippen MR) is 97.1 cm³/mol. The van der Waals surface area contributed by atoms with Crippen molar-refractivity contribution in [2.75, 3.05) is 25.1 Å². The number of hydrogen-bond acceptors (Lipinski definition) is 4. The van der Waals surface area contributed by atoms with E-state index in [-0.39, 0.29) is 0 Å². The van der Waals surface area contributed by atoms with Crippen LogP contribution < -0.4 is 0 Å². The molecule has 2 aromatic rings. The number of rotatable bonds is 6. The first-order valence-corrected chi connectivity index (χ1v) is 9.84. The molecule has 1 aliphatic rings. The van der Waals surface area contributed by atoms with Gasteiger partial charge in [-0.05, 0) is 36.8 Å². The van der Waals surface area contributed by atoms with Crippen molar-refractivity contribution in [3.8, 4) is 0 Å². The molecule has 6 heteroatoms. The van der Waals surface area contributed by atoms with E-state index in [1.807, 2.05) is 48.1 Å². The minimum Gasteiger partial charge on any atom is -0.343 e. The topological polar surface area (TPSA) is 51.0 Å². The molecular formula is C18H24N4OS. The molecule has 2 aromatic heterocycles. The zero-order valence-electron chi connectivity index (χ0n) is 14.1. The van der Waals surface area contributed by atoms with Crippen LogP contribution in [-0.4, -0.2) is 50.4 Å². The molecule has 5 nitrogen and oxygen atoms in total. The Kier molecular flexibility index (Phi) is 5.91. The quantitative estimate of drug-likeness (QED) is 0.808. The number of likely N-dealkylation sites (tertiary alicyclic amines) is 1. The Bertz CT molecular complexity index is 650. The SMILES string of the molecule is CSCCC(=O)N1CCC(c2nccn2Cc2ccncc2)CC1. The van der Waals surface area contributed by atoms with E-state index in [2.05, 4.69) is 14.5 Å². The van der Waals surface area contributed by atoms with Gasteiger partial charge in [-0.1, -0.05) is 0 Å². The molecule has 0 N–H and O–H groups in total. The number of aromatic nitrogens is 3. The maximum Gasteiger partial charge on any atom is 0.223 e. The summed E-state index contributed by atoms with van der Waals surface area (Å²) in [5.74, 6) is 2.78. The molecule has 0 radical (unpaired) electrons. The van der Waals surface area contributed by atoms with Gasteiger partial charge in [0.2, 0.25) is 5.91 Å². The fraction of sp³-hybridized carbons (Fsp3) is 0.500. The minimum atomic E-state index is 0.294. The van der Waals surface area contributed by atoms with Crippen molar-refractivity contribution in [2.45, 2.75) is 31.7 Å². The molecule has 24 heavy (non-hydrogen) atoms. The number of nitrogens with zero attached hydrogens (tertiary/aromatic N) is 4. The number of amides is 1. The number of piperidine rings is 1. The zero-order chi connectivity index (χ0) is 16.8. The first-order valence-electron chi connectivity index (χ1n) is 8.44. The van der Waals surface area contributed by atoms with Crippen LogP contribution in [0.2, 0.25) is 0 Å². The van der Waals surface area contributed by atoms with Gasteiger partial charge in [0.1, 0.15) is 5.82 Å². The van der Waals surface area contributed by atoms with Crippen molar-refractivity contribution in [1.82, 2.24) is 19.4 Å². The Morgan fingerprint density at radius 1 is 1.25 bits per heavy atom. The van der Waals surface area contributed by atoms with Crippen molar-refractivity contribution in [3.05, 3.63) is 48.3 Å². The minimum absolute atomic E-state index is 0.294. The number of carbonyl (C=O) groups is 1. The van der Waals surface area contributed by atoms with E-state index >= 15 is 0 Å². The van der Waals surface area contributed by atoms with Gasteiger partial charge in [-0.15, -0.1) is 0 Å². The first-order chi connectivity index (χ1) is 11.8. The highest BCUT2D eigenvalue weighted by molar-refractivity contribution is 7.98. The molecule has 1 amide bonds. The lowest BCUT2D eigenvalue weighted by Crippen LogP contribution is -2.38. The predicted octanol–water partition coefficient (Wildman–Crippen LogP) is 2.79. The smallest absolute Gasteiger partial charge is 0.223 e. The number of pyridine rings is 1. The van der Waals surface area contributed by atoms with Gasteiger partial charge >= 0.3 is 0 Å². The largest absolute Gasteiger partial charge is 0.343 e. The second-order valence-electron chi connectivity index (χ2n) is 6.17. The lowest BCUT2D eigenvalue weighted by atomic mass is 9.95. The molecule has 3 heterocycles. The summed E-state index contributed by atoms with van der Waals surface area (Å²) in [4.78, 5) is 22.8. The van der Waals surface area contributed by atoms with Gasteiger partial charge in [0.25, 0.3) is 0 Å². The van der Waals surface area contributed by atoms with E-state index in [1.54, 1.807) is 11.8 Å². The van der Waals surface area contributed by atoms with Crippen LogP contribution in [0.1, 0.15) is 36.6 Å². The summed E-state index contributed by atoms with van der Waals surface area (Å²) >= 11 is 1.73. The molecule has 0 aliphatic carbocycles. The Labute approximate surface area is 147 Å². The maximum atomic E-state index is 12.1. The fourth-order valence-electron chi connectivity index (χ4n) is 3.23. The van der Waals surface area contributed by atoms with Gasteiger partial charge in [0.05, 0.1) is 0 Å². The van der Waals surface area contributed by atoms with Crippen LogP contribution in [0.5, 0.6) is 0 Å². The van der Waals surface area contributed by atoms with Crippen LogP contribution in [0.25, 0.3) is 0 Å². The van der Waals surface area contributed by atoms with Gasteiger partial charge in [0.15, 0.2) is 0 Å². The average Bonchev–Trinajstić information content (AvgIpc) is 3.09. The Morgan fingerprint density at radius 3 is 2.71 bits per heavy atom. The molecule has 0 aromatic carbocycles. The summed E-state index contributed by atoms with van der Waals surface area (Å²) < 4.78 is 2.23. The van der Waals surface area contributed by atoms with Gasteiger partial charge in [-0.2, -0.15) is 11.8 Å². The molecule has 0 saturated carbocycles. The fourth-order valence-corrected chi connectivity index (χ4v) is 3.61. The highest BCUT2D eigenvalue weighted by atomic mass is 32.2. The second kappa shape index (κ2) is 8.33. The lowest BCUT2D eigenvalue weighted by molar-refractivity contribution is -0.131. The Balaban J connectivity index is 1.59. The first kappa shape index (κ1) is 17.0. The van der Waals surface area contributed by atoms with Gasteiger partial charge in [-0.25, -0.2) is 4.98 Å². The molecule has 0 spiro atoms. The molecule has 1 saturated heterocycles. The second-order valence-corrected chi connectivity index (χ2v) is 7.15. The van der Waals surface area contributed by atoms with Crippen molar-refractivity contribution in [3.63, 3.8) is 0 Å². The van der Waals surface area contributed by atoms with Crippen LogP contribution in [0.15, 0.2) is 36.9 Å². The van der Waals surface area contributed by atoms with Crippen LogP contribution in [0.3, 0.4) is 0 Å². The van der Waals surface area contributed by atoms with Crippen LogP contribution in [0.4, 0.5) is 0 Å². The highest BCUT2D eigenvalue weighted by Gasteiger charge is 2.26. The number of thioether (sulfide) groups is 1. The van der Waals surface area contributed by atoms with Crippen molar-refractivity contribution in [2.24, 2.45) is 0 Å². The van der Waals surface area contributed by atoms with Crippen LogP contribution in [0, 0.1) is 0 Å². The number of carbonyl (C=O) groups excluding carboxylic acids is 1. The monoisotopic (exact) mass is 344 g/mol. The van der Waals surface area contributed by atoms with Gasteiger partial charge in [0, 0.05) is 62.5 Å². The Hall–Kier alpha value is -1.82. The molecule has 0 atom stereocenters. The molecular weight excluding hydrogens is 320 g/mol. The molecule has 128 valence electrons. The summed E-state index contributed by atoms with van der Waals surface area (Å²) in [6, 6.07) is 4.08. The summed E-state index contributed by atoms with van der Waals surface area (Å²) in [6.07, 6.45) is 12.3. The third-order valence-electron chi connectivity index (χ3n) is 4.58. The number of imidazole rings is 1. The standard InChI is InChI=1S/C18H24N4OS/c1-24-13-6-17(23)21-10-4-16(5-11-21)18-20-9-12-22(18)14-15-2-7-19-8-3-15/h2-3,7-9,12,16H,4-6,10-11,13-14H2,1H3. The van der Waals surface area contributed by atoms with E-state index in [4.69, 9.17) is 0 Å². The van der Waals surface area contributed by atoms with Crippen LogP contribution in [-0.2, 0) is 11.3 Å².